The van der Waals surface area contributed by atoms with Gasteiger partial charge >= 0.3 is 6.03 Å². The van der Waals surface area contributed by atoms with Gasteiger partial charge < -0.3 is 19.9 Å². The van der Waals surface area contributed by atoms with Crippen molar-refractivity contribution in [3.63, 3.8) is 0 Å². The third-order valence-electron chi connectivity index (χ3n) is 4.39. The summed E-state index contributed by atoms with van der Waals surface area (Å²) in [4.78, 5) is 33.4. The van der Waals surface area contributed by atoms with E-state index in [1.54, 1.807) is 34.1 Å². The molecule has 0 aliphatic carbocycles. The lowest BCUT2D eigenvalue weighted by Gasteiger charge is -2.34. The summed E-state index contributed by atoms with van der Waals surface area (Å²) in [5.41, 5.74) is 0.705. The molecule has 0 unspecified atom stereocenters. The largest absolute Gasteiger partial charge is 0.486 e. The Balaban J connectivity index is 1.57. The number of rotatable bonds is 5. The lowest BCUT2D eigenvalue weighted by Crippen LogP contribution is -2.53. The first kappa shape index (κ1) is 20.4. The molecule has 1 aliphatic rings. The monoisotopic (exact) mass is 422 g/mol. The number of aryl methyl sites for hydroxylation is 1. The molecule has 0 atom stereocenters. The number of benzene rings is 1. The molecule has 150 valence electrons. The van der Waals surface area contributed by atoms with E-state index in [4.69, 9.17) is 16.3 Å². The van der Waals surface area contributed by atoms with E-state index in [2.05, 4.69) is 10.3 Å². The molecule has 1 aliphatic heterocycles. The first-order valence-electron chi connectivity index (χ1n) is 9.14. The SMILES string of the molecule is CCNC(=O)N1CCN(C(=O)c2sc(COc3ccc(Cl)cc3)nc2C)CC1. The second-order valence-corrected chi connectivity index (χ2v) is 7.90. The normalized spacial score (nSPS) is 14.1. The van der Waals surface area contributed by atoms with Crippen molar-refractivity contribution in [1.82, 2.24) is 20.1 Å². The van der Waals surface area contributed by atoms with Crippen LogP contribution in [0.25, 0.3) is 0 Å². The van der Waals surface area contributed by atoms with Crippen LogP contribution in [0.5, 0.6) is 5.75 Å². The van der Waals surface area contributed by atoms with E-state index in [-0.39, 0.29) is 11.9 Å². The number of hydrogen-bond acceptors (Lipinski definition) is 5. The number of hydrogen-bond donors (Lipinski definition) is 1. The van der Waals surface area contributed by atoms with E-state index in [9.17, 15) is 9.59 Å². The lowest BCUT2D eigenvalue weighted by atomic mass is 10.3. The van der Waals surface area contributed by atoms with Crippen molar-refractivity contribution in [3.8, 4) is 5.75 Å². The van der Waals surface area contributed by atoms with Gasteiger partial charge in [-0.25, -0.2) is 9.78 Å². The van der Waals surface area contributed by atoms with Crippen molar-refractivity contribution < 1.29 is 14.3 Å². The van der Waals surface area contributed by atoms with Crippen LogP contribution in [0.2, 0.25) is 5.02 Å². The number of carbonyl (C=O) groups excluding carboxylic acids is 2. The molecule has 1 aromatic heterocycles. The molecular formula is C19H23ClN4O3S. The molecule has 1 aromatic carbocycles. The molecule has 2 aromatic rings. The Hall–Kier alpha value is -2.32. The zero-order chi connectivity index (χ0) is 20.1. The van der Waals surface area contributed by atoms with Gasteiger partial charge in [-0.05, 0) is 38.1 Å². The van der Waals surface area contributed by atoms with E-state index >= 15 is 0 Å². The van der Waals surface area contributed by atoms with Gasteiger partial charge in [-0.2, -0.15) is 0 Å². The predicted octanol–water partition coefficient (Wildman–Crippen LogP) is 3.17. The number of amides is 3. The van der Waals surface area contributed by atoms with E-state index in [1.807, 2.05) is 13.8 Å². The molecule has 7 nitrogen and oxygen atoms in total. The number of piperazine rings is 1. The Morgan fingerprint density at radius 1 is 1.18 bits per heavy atom. The first-order valence-corrected chi connectivity index (χ1v) is 10.3. The van der Waals surface area contributed by atoms with Crippen LogP contribution >= 0.6 is 22.9 Å². The van der Waals surface area contributed by atoms with Gasteiger partial charge in [0, 0.05) is 37.7 Å². The molecule has 9 heteroatoms. The maximum absolute atomic E-state index is 12.9. The van der Waals surface area contributed by atoms with Gasteiger partial charge in [-0.15, -0.1) is 11.3 Å². The summed E-state index contributed by atoms with van der Waals surface area (Å²) in [5.74, 6) is 0.662. The molecule has 0 bridgehead atoms. The highest BCUT2D eigenvalue weighted by molar-refractivity contribution is 7.13. The van der Waals surface area contributed by atoms with Crippen molar-refractivity contribution in [3.05, 3.63) is 44.9 Å². The van der Waals surface area contributed by atoms with Crippen molar-refractivity contribution in [2.75, 3.05) is 32.7 Å². The van der Waals surface area contributed by atoms with Gasteiger partial charge in [0.15, 0.2) is 0 Å². The maximum Gasteiger partial charge on any atom is 0.317 e. The quantitative estimate of drug-likeness (QED) is 0.803. The second-order valence-electron chi connectivity index (χ2n) is 6.38. The van der Waals surface area contributed by atoms with Gasteiger partial charge in [0.25, 0.3) is 5.91 Å². The highest BCUT2D eigenvalue weighted by atomic mass is 35.5. The number of aromatic nitrogens is 1. The summed E-state index contributed by atoms with van der Waals surface area (Å²) in [6.07, 6.45) is 0. The Morgan fingerprint density at radius 3 is 2.46 bits per heavy atom. The standard InChI is InChI=1S/C19H23ClN4O3S/c1-3-21-19(26)24-10-8-23(9-11-24)18(25)17-13(2)22-16(28-17)12-27-15-6-4-14(20)5-7-15/h4-7H,3,8-12H2,1-2H3,(H,21,26). The summed E-state index contributed by atoms with van der Waals surface area (Å²) in [5, 5.41) is 4.19. The fourth-order valence-corrected chi connectivity index (χ4v) is 3.98. The molecule has 28 heavy (non-hydrogen) atoms. The smallest absolute Gasteiger partial charge is 0.317 e. The average molecular weight is 423 g/mol. The van der Waals surface area contributed by atoms with Crippen molar-refractivity contribution in [2.45, 2.75) is 20.5 Å². The van der Waals surface area contributed by atoms with Crippen LogP contribution < -0.4 is 10.1 Å². The van der Waals surface area contributed by atoms with Gasteiger partial charge in [0.1, 0.15) is 22.2 Å². The fourth-order valence-electron chi connectivity index (χ4n) is 2.91. The van der Waals surface area contributed by atoms with Gasteiger partial charge in [0.05, 0.1) is 5.69 Å². The molecule has 3 rings (SSSR count). The third-order valence-corrected chi connectivity index (χ3v) is 5.76. The summed E-state index contributed by atoms with van der Waals surface area (Å²) in [7, 11) is 0. The van der Waals surface area contributed by atoms with Crippen LogP contribution in [0, 0.1) is 6.92 Å². The summed E-state index contributed by atoms with van der Waals surface area (Å²) in [6.45, 7) is 6.71. The van der Waals surface area contributed by atoms with Crippen LogP contribution in [0.3, 0.4) is 0 Å². The molecule has 3 amide bonds. The first-order chi connectivity index (χ1) is 13.5. The Morgan fingerprint density at radius 2 is 1.82 bits per heavy atom. The fraction of sp³-hybridized carbons (Fsp3) is 0.421. The minimum absolute atomic E-state index is 0.0386. The van der Waals surface area contributed by atoms with E-state index in [0.29, 0.717) is 60.7 Å². The van der Waals surface area contributed by atoms with Crippen molar-refractivity contribution in [2.24, 2.45) is 0 Å². The number of halogens is 1. The van der Waals surface area contributed by atoms with Crippen molar-refractivity contribution in [1.29, 1.82) is 0 Å². The molecule has 1 N–H and O–H groups in total. The van der Waals surface area contributed by atoms with Crippen LogP contribution in [-0.2, 0) is 6.61 Å². The topological polar surface area (TPSA) is 74.8 Å². The maximum atomic E-state index is 12.9. The Kier molecular flexibility index (Phi) is 6.74. The number of nitrogens with zero attached hydrogens (tertiary/aromatic N) is 3. The highest BCUT2D eigenvalue weighted by Gasteiger charge is 2.27. The molecule has 1 fully saturated rings. The molecular weight excluding hydrogens is 400 g/mol. The Bertz CT molecular complexity index is 832. The molecule has 0 spiro atoms. The number of ether oxygens (including phenoxy) is 1. The van der Waals surface area contributed by atoms with Gasteiger partial charge in [-0.1, -0.05) is 11.6 Å². The Labute approximate surface area is 173 Å². The van der Waals surface area contributed by atoms with E-state index in [1.165, 1.54) is 11.3 Å². The average Bonchev–Trinajstić information content (AvgIpc) is 3.08. The van der Waals surface area contributed by atoms with Crippen LogP contribution in [0.4, 0.5) is 4.79 Å². The molecule has 2 heterocycles. The van der Waals surface area contributed by atoms with Crippen molar-refractivity contribution >= 4 is 34.9 Å². The van der Waals surface area contributed by atoms with E-state index < -0.39 is 0 Å². The second kappa shape index (κ2) is 9.25. The molecule has 0 saturated carbocycles. The highest BCUT2D eigenvalue weighted by Crippen LogP contribution is 2.23. The minimum atomic E-state index is -0.0785. The van der Waals surface area contributed by atoms with Crippen LogP contribution in [0.1, 0.15) is 27.3 Å². The lowest BCUT2D eigenvalue weighted by molar-refractivity contribution is 0.0669. The number of urea groups is 1. The number of carbonyl (C=O) groups is 2. The summed E-state index contributed by atoms with van der Waals surface area (Å²) >= 11 is 7.22. The number of thiazole rings is 1. The molecule has 0 radical (unpaired) electrons. The minimum Gasteiger partial charge on any atom is -0.486 e. The van der Waals surface area contributed by atoms with Crippen LogP contribution in [-0.4, -0.2) is 59.4 Å². The van der Waals surface area contributed by atoms with Gasteiger partial charge in [-0.3, -0.25) is 4.79 Å². The zero-order valence-corrected chi connectivity index (χ0v) is 17.5. The zero-order valence-electron chi connectivity index (χ0n) is 15.9. The summed E-state index contributed by atoms with van der Waals surface area (Å²) < 4.78 is 5.72. The third kappa shape index (κ3) is 4.94. The molecule has 1 saturated heterocycles. The number of nitrogens with one attached hydrogen (secondary N) is 1. The van der Waals surface area contributed by atoms with Crippen LogP contribution in [0.15, 0.2) is 24.3 Å². The van der Waals surface area contributed by atoms with Gasteiger partial charge in [0.2, 0.25) is 0 Å². The summed E-state index contributed by atoms with van der Waals surface area (Å²) in [6, 6.07) is 7.04. The van der Waals surface area contributed by atoms with E-state index in [0.717, 1.165) is 5.01 Å². The predicted molar refractivity (Wildman–Crippen MR) is 109 cm³/mol.